The number of hydrogen-bond donors (Lipinski definition) is 11. The summed E-state index contributed by atoms with van der Waals surface area (Å²) in [5.74, 6) is -7.62. The van der Waals surface area contributed by atoms with Crippen LogP contribution in [0.2, 0.25) is 0 Å². The number of rotatable bonds is 18. The molecule has 22 heteroatoms. The first-order valence-electron chi connectivity index (χ1n) is 25.7. The van der Waals surface area contributed by atoms with Gasteiger partial charge in [0.1, 0.15) is 35.7 Å². The number of Topliss-reactive ketones (excluding diaryl/α,β-unsaturated/α-hetero) is 3. The number of aromatic nitrogens is 3. The lowest BCUT2D eigenvalue weighted by atomic mass is 9.83. The summed E-state index contributed by atoms with van der Waals surface area (Å²) >= 11 is 0. The van der Waals surface area contributed by atoms with Gasteiger partial charge in [-0.3, -0.25) is 48.1 Å². The number of nitrogens with zero attached hydrogens (tertiary/aromatic N) is 2. The highest BCUT2D eigenvalue weighted by Crippen LogP contribution is 2.26. The molecule has 7 atom stereocenters. The topological polar surface area (TPSA) is 375 Å². The minimum atomic E-state index is -1.35. The Hall–Kier alpha value is -7.75. The van der Waals surface area contributed by atoms with Crippen LogP contribution in [0.4, 0.5) is 0 Å². The molecule has 1 aliphatic rings. The van der Waals surface area contributed by atoms with E-state index in [0.29, 0.717) is 30.6 Å². The summed E-state index contributed by atoms with van der Waals surface area (Å²) in [5, 5.41) is 14.6. The Morgan fingerprint density at radius 3 is 2.20 bits per heavy atom. The first-order valence-corrected chi connectivity index (χ1v) is 25.7. The molecular formula is C53H73N13O9. The highest BCUT2D eigenvalue weighted by atomic mass is 16.2. The van der Waals surface area contributed by atoms with Crippen LogP contribution in [0.15, 0.2) is 78.3 Å². The van der Waals surface area contributed by atoms with Crippen molar-refractivity contribution in [3.05, 3.63) is 90.1 Å². The van der Waals surface area contributed by atoms with Crippen molar-refractivity contribution in [3.8, 4) is 0 Å². The Kier molecular flexibility index (Phi) is 23.1. The van der Waals surface area contributed by atoms with Crippen LogP contribution in [-0.4, -0.2) is 117 Å². The normalized spacial score (nSPS) is 21.5. The van der Waals surface area contributed by atoms with Gasteiger partial charge >= 0.3 is 0 Å². The molecule has 404 valence electrons. The first-order chi connectivity index (χ1) is 36.0. The van der Waals surface area contributed by atoms with Crippen LogP contribution >= 0.6 is 0 Å². The molecule has 5 rings (SSSR count). The Bertz CT molecular complexity index is 2600. The Balaban J connectivity index is 1.55. The molecule has 1 fully saturated rings. The number of primary amides is 1. The lowest BCUT2D eigenvalue weighted by molar-refractivity contribution is -0.135. The smallest absolute Gasteiger partial charge is 0.243 e. The molecule has 0 spiro atoms. The van der Waals surface area contributed by atoms with E-state index in [1.807, 2.05) is 24.3 Å². The van der Waals surface area contributed by atoms with Crippen LogP contribution in [0, 0.1) is 11.8 Å². The van der Waals surface area contributed by atoms with E-state index in [0.717, 1.165) is 16.5 Å². The maximum absolute atomic E-state index is 14.8. The number of fused-ring (bicyclic) bond motifs is 1. The first kappa shape index (κ1) is 58.1. The van der Waals surface area contributed by atoms with Gasteiger partial charge in [0.05, 0.1) is 12.4 Å². The second-order valence-corrected chi connectivity index (χ2v) is 19.2. The predicted molar refractivity (Wildman–Crippen MR) is 281 cm³/mol. The van der Waals surface area contributed by atoms with Gasteiger partial charge < -0.3 is 59.5 Å². The molecule has 2 aromatic heterocycles. The standard InChI is InChI=1S/C53H73N13O9/c1-32(67)62-42(19-9-10-22-54)50(73)64-43-18-7-5-15-38(68)20-21-41(48(55)71)63-49(72)35(25-36-29-60-40-17-8-6-16-39(36)40)27-46(69)34(14-11-23-59-53(56)57)26-47(70)44(24-33-12-3-2-4-13-33)65-52(75)45(66-51(43)74)28-37-30-58-31-61-37/h2-4,6,8,12-13,16-17,29-31,34-35,41-45,60H,5,7,9-11,14-15,18-28,54H2,1H3,(H2,55,71)(H,58,61)(H,62,67)(H,63,72)(H,64,73)(H,65,75)(H,66,74)(H4,56,57,59)/t34-,35-,41+,42-,43+,44-,45+/m1/s1. The number of aliphatic imine (C=N–C) groups is 1. The van der Waals surface area contributed by atoms with Gasteiger partial charge in [-0.05, 0) is 87.9 Å². The van der Waals surface area contributed by atoms with Gasteiger partial charge in [0.15, 0.2) is 11.7 Å². The van der Waals surface area contributed by atoms with Crippen LogP contribution in [0.3, 0.4) is 0 Å². The van der Waals surface area contributed by atoms with E-state index in [-0.39, 0.29) is 108 Å². The summed E-state index contributed by atoms with van der Waals surface area (Å²) in [5.41, 5.74) is 25.4. The number of carbonyl (C=O) groups is 9. The molecule has 2 aromatic carbocycles. The fraction of sp³-hybridized carbons (Fsp3) is 0.491. The molecular weight excluding hydrogens is 963 g/mol. The van der Waals surface area contributed by atoms with Crippen LogP contribution in [0.5, 0.6) is 0 Å². The zero-order valence-electron chi connectivity index (χ0n) is 42.6. The highest BCUT2D eigenvalue weighted by molar-refractivity contribution is 5.98. The molecule has 0 bridgehead atoms. The summed E-state index contributed by atoms with van der Waals surface area (Å²) in [6, 6.07) is 10.2. The van der Waals surface area contributed by atoms with E-state index >= 15 is 0 Å². The summed E-state index contributed by atoms with van der Waals surface area (Å²) in [4.78, 5) is 140. The highest BCUT2D eigenvalue weighted by Gasteiger charge is 2.35. The fourth-order valence-corrected chi connectivity index (χ4v) is 9.23. The number of imidazole rings is 1. The number of unbranched alkanes of at least 4 members (excludes halogenated alkanes) is 1. The van der Waals surface area contributed by atoms with Crippen molar-refractivity contribution in [2.24, 2.45) is 39.8 Å². The fourth-order valence-electron chi connectivity index (χ4n) is 9.23. The number of benzene rings is 2. The number of nitrogens with one attached hydrogen (secondary N) is 7. The molecule has 6 amide bonds. The molecule has 0 radical (unpaired) electrons. The molecule has 1 saturated heterocycles. The van der Waals surface area contributed by atoms with Crippen molar-refractivity contribution in [2.45, 2.75) is 140 Å². The molecule has 0 aliphatic carbocycles. The lowest BCUT2D eigenvalue weighted by Crippen LogP contribution is -2.58. The quantitative estimate of drug-likeness (QED) is 0.0378. The predicted octanol–water partition coefficient (Wildman–Crippen LogP) is 1.10. The molecule has 22 nitrogen and oxygen atoms in total. The van der Waals surface area contributed by atoms with Crippen LogP contribution in [0.25, 0.3) is 10.9 Å². The monoisotopic (exact) mass is 1040 g/mol. The number of amides is 6. The second-order valence-electron chi connectivity index (χ2n) is 19.2. The van der Waals surface area contributed by atoms with Crippen molar-refractivity contribution in [3.63, 3.8) is 0 Å². The van der Waals surface area contributed by atoms with Crippen molar-refractivity contribution in [1.29, 1.82) is 0 Å². The third-order valence-corrected chi connectivity index (χ3v) is 13.3. The average molecular weight is 1040 g/mol. The van der Waals surface area contributed by atoms with Crippen LogP contribution in [-0.2, 0) is 62.4 Å². The van der Waals surface area contributed by atoms with E-state index in [9.17, 15) is 43.2 Å². The van der Waals surface area contributed by atoms with Crippen molar-refractivity contribution < 1.29 is 43.2 Å². The van der Waals surface area contributed by atoms with Crippen LogP contribution < -0.4 is 49.5 Å². The summed E-state index contributed by atoms with van der Waals surface area (Å²) < 4.78 is 0. The minimum Gasteiger partial charge on any atom is -0.370 e. The molecule has 3 heterocycles. The maximum Gasteiger partial charge on any atom is 0.243 e. The van der Waals surface area contributed by atoms with Crippen molar-refractivity contribution in [2.75, 3.05) is 13.1 Å². The van der Waals surface area contributed by atoms with Gasteiger partial charge in [0.25, 0.3) is 0 Å². The molecule has 4 aromatic rings. The maximum atomic E-state index is 14.8. The Morgan fingerprint density at radius 1 is 0.760 bits per heavy atom. The Labute approximate surface area is 435 Å². The summed E-state index contributed by atoms with van der Waals surface area (Å²) in [6.07, 6.45) is 5.74. The number of nitrogens with two attached hydrogens (primary N) is 4. The van der Waals surface area contributed by atoms with E-state index in [2.05, 4.69) is 46.5 Å². The molecule has 75 heavy (non-hydrogen) atoms. The molecule has 0 saturated carbocycles. The van der Waals surface area contributed by atoms with Gasteiger partial charge in [-0.2, -0.15) is 0 Å². The van der Waals surface area contributed by atoms with E-state index in [1.165, 1.54) is 19.4 Å². The SMILES string of the molecule is CC(=O)N[C@H](CCCCN)C(=O)N[C@H]1CCCCC(=O)CC[C@@H](C(N)=O)NC(=O)[C@H](Cc2c[nH]c3ccccc23)CC(=O)[C@H](CCCN=C(N)N)CC(=O)[C@@H](Cc2ccccc2)NC(=O)[C@H](Cc2cnc[nH]2)NC1=O. The number of ketones is 3. The van der Waals surface area contributed by atoms with Gasteiger partial charge in [-0.25, -0.2) is 4.98 Å². The zero-order valence-corrected chi connectivity index (χ0v) is 42.6. The van der Waals surface area contributed by atoms with Crippen molar-refractivity contribution >= 4 is 69.7 Å². The number of guanidine groups is 1. The molecule has 0 unspecified atom stereocenters. The summed E-state index contributed by atoms with van der Waals surface area (Å²) in [6.45, 7) is 1.75. The number of hydrogen-bond acceptors (Lipinski definition) is 12. The van der Waals surface area contributed by atoms with Gasteiger partial charge in [0.2, 0.25) is 35.4 Å². The van der Waals surface area contributed by atoms with Crippen molar-refractivity contribution in [1.82, 2.24) is 41.5 Å². The van der Waals surface area contributed by atoms with E-state index in [1.54, 1.807) is 36.5 Å². The third-order valence-electron chi connectivity index (χ3n) is 13.3. The van der Waals surface area contributed by atoms with Gasteiger partial charge in [-0.1, -0.05) is 55.0 Å². The summed E-state index contributed by atoms with van der Waals surface area (Å²) in [7, 11) is 0. The van der Waals surface area contributed by atoms with Gasteiger partial charge in [-0.15, -0.1) is 0 Å². The lowest BCUT2D eigenvalue weighted by Gasteiger charge is -2.27. The number of para-hydroxylation sites is 1. The number of aromatic amines is 2. The number of carbonyl (C=O) groups excluding carboxylic acids is 9. The minimum absolute atomic E-state index is 0.00273. The average Bonchev–Trinajstić information content (AvgIpc) is 4.05. The third kappa shape index (κ3) is 19.2. The zero-order chi connectivity index (χ0) is 54.3. The van der Waals surface area contributed by atoms with E-state index in [4.69, 9.17) is 22.9 Å². The molecule has 15 N–H and O–H groups in total. The number of H-pyrrole nitrogens is 2. The van der Waals surface area contributed by atoms with Crippen LogP contribution in [0.1, 0.15) is 107 Å². The van der Waals surface area contributed by atoms with E-state index < -0.39 is 89.1 Å². The van der Waals surface area contributed by atoms with Gasteiger partial charge in [0, 0.05) is 86.4 Å². The second kappa shape index (κ2) is 29.8. The Morgan fingerprint density at radius 2 is 1.49 bits per heavy atom. The largest absolute Gasteiger partial charge is 0.370 e. The molecule has 1 aliphatic heterocycles.